The molecule has 1 aromatic rings. The Labute approximate surface area is 118 Å². The van der Waals surface area contributed by atoms with Gasteiger partial charge >= 0.3 is 12.0 Å². The zero-order valence-electron chi connectivity index (χ0n) is 11.1. The standard InChI is InChI=1S/C15H18N2O3/c1-2-3-4-8-11-16-15(20)17-13(14(18)19)12-9-6-5-7-10-12/h1,5-7,9-10,13H,3-4,8,11H2,(H,18,19)(H2,16,17,20). The van der Waals surface area contributed by atoms with Crippen LogP contribution in [0.1, 0.15) is 30.9 Å². The van der Waals surface area contributed by atoms with E-state index in [2.05, 4.69) is 16.6 Å². The van der Waals surface area contributed by atoms with E-state index < -0.39 is 18.0 Å². The molecule has 106 valence electrons. The van der Waals surface area contributed by atoms with Crippen molar-refractivity contribution in [1.29, 1.82) is 0 Å². The van der Waals surface area contributed by atoms with Crippen LogP contribution < -0.4 is 10.6 Å². The lowest BCUT2D eigenvalue weighted by molar-refractivity contribution is -0.139. The van der Waals surface area contributed by atoms with Gasteiger partial charge in [0, 0.05) is 13.0 Å². The number of benzene rings is 1. The predicted octanol–water partition coefficient (Wildman–Crippen LogP) is 1.92. The Kier molecular flexibility index (Phi) is 6.69. The Morgan fingerprint density at radius 2 is 1.95 bits per heavy atom. The minimum absolute atomic E-state index is 0.467. The summed E-state index contributed by atoms with van der Waals surface area (Å²) in [5, 5.41) is 14.2. The highest BCUT2D eigenvalue weighted by Gasteiger charge is 2.21. The van der Waals surface area contributed by atoms with E-state index >= 15 is 0 Å². The van der Waals surface area contributed by atoms with Gasteiger partial charge in [-0.3, -0.25) is 0 Å². The van der Waals surface area contributed by atoms with Crippen molar-refractivity contribution >= 4 is 12.0 Å². The first-order valence-electron chi connectivity index (χ1n) is 6.40. The van der Waals surface area contributed by atoms with Crippen LogP contribution in [0.4, 0.5) is 4.79 Å². The first kappa shape index (κ1) is 15.6. The summed E-state index contributed by atoms with van der Waals surface area (Å²) in [5.41, 5.74) is 0.530. The fourth-order valence-corrected chi connectivity index (χ4v) is 1.67. The van der Waals surface area contributed by atoms with E-state index in [1.54, 1.807) is 30.3 Å². The number of carboxylic acid groups (broad SMARTS) is 1. The number of rotatable bonds is 7. The van der Waals surface area contributed by atoms with Gasteiger partial charge in [0.2, 0.25) is 0 Å². The van der Waals surface area contributed by atoms with Crippen molar-refractivity contribution in [2.75, 3.05) is 6.54 Å². The monoisotopic (exact) mass is 274 g/mol. The molecule has 0 aliphatic heterocycles. The summed E-state index contributed by atoms with van der Waals surface area (Å²) in [4.78, 5) is 22.8. The fourth-order valence-electron chi connectivity index (χ4n) is 1.67. The normalized spacial score (nSPS) is 11.2. The minimum Gasteiger partial charge on any atom is -0.479 e. The van der Waals surface area contributed by atoms with Crippen LogP contribution in [0.3, 0.4) is 0 Å². The molecule has 2 amide bonds. The summed E-state index contributed by atoms with van der Waals surface area (Å²) in [7, 11) is 0. The maximum absolute atomic E-state index is 11.6. The molecule has 20 heavy (non-hydrogen) atoms. The summed E-state index contributed by atoms with van der Waals surface area (Å²) in [6, 6.07) is 7.00. The van der Waals surface area contributed by atoms with Gasteiger partial charge in [-0.05, 0) is 18.4 Å². The minimum atomic E-state index is -1.10. The van der Waals surface area contributed by atoms with Gasteiger partial charge in [0.05, 0.1) is 0 Å². The van der Waals surface area contributed by atoms with Gasteiger partial charge in [-0.25, -0.2) is 9.59 Å². The van der Waals surface area contributed by atoms with Crippen LogP contribution >= 0.6 is 0 Å². The molecule has 0 heterocycles. The van der Waals surface area contributed by atoms with E-state index in [4.69, 9.17) is 11.5 Å². The molecule has 0 spiro atoms. The van der Waals surface area contributed by atoms with Crippen molar-refractivity contribution in [2.45, 2.75) is 25.3 Å². The lowest BCUT2D eigenvalue weighted by atomic mass is 10.1. The molecule has 0 bridgehead atoms. The van der Waals surface area contributed by atoms with E-state index in [0.717, 1.165) is 12.8 Å². The van der Waals surface area contributed by atoms with Gasteiger partial charge in [-0.15, -0.1) is 12.3 Å². The lowest BCUT2D eigenvalue weighted by Gasteiger charge is -2.15. The number of nitrogens with one attached hydrogen (secondary N) is 2. The highest BCUT2D eigenvalue weighted by molar-refractivity contribution is 5.83. The molecular formula is C15H18N2O3. The molecule has 1 unspecified atom stereocenters. The fraction of sp³-hybridized carbons (Fsp3) is 0.333. The second-order valence-corrected chi connectivity index (χ2v) is 4.24. The van der Waals surface area contributed by atoms with E-state index in [1.165, 1.54) is 0 Å². The van der Waals surface area contributed by atoms with Crippen molar-refractivity contribution in [3.8, 4) is 12.3 Å². The number of carbonyl (C=O) groups excluding carboxylic acids is 1. The van der Waals surface area contributed by atoms with Crippen molar-refractivity contribution in [3.63, 3.8) is 0 Å². The highest BCUT2D eigenvalue weighted by Crippen LogP contribution is 2.12. The number of carboxylic acids is 1. The molecule has 0 fully saturated rings. The SMILES string of the molecule is C#CCCCCNC(=O)NC(C(=O)O)c1ccccc1. The average molecular weight is 274 g/mol. The molecule has 1 atom stereocenters. The smallest absolute Gasteiger partial charge is 0.330 e. The highest BCUT2D eigenvalue weighted by atomic mass is 16.4. The topological polar surface area (TPSA) is 78.4 Å². The molecule has 0 saturated heterocycles. The number of amides is 2. The molecule has 1 rings (SSSR count). The van der Waals surface area contributed by atoms with Gasteiger partial charge in [-0.2, -0.15) is 0 Å². The third-order valence-corrected chi connectivity index (χ3v) is 2.69. The quantitative estimate of drug-likeness (QED) is 0.525. The first-order chi connectivity index (χ1) is 9.65. The molecule has 5 nitrogen and oxygen atoms in total. The molecule has 0 aliphatic rings. The number of terminal acetylenes is 1. The van der Waals surface area contributed by atoms with Gasteiger partial charge in [0.1, 0.15) is 0 Å². The average Bonchev–Trinajstić information content (AvgIpc) is 2.45. The summed E-state index contributed by atoms with van der Waals surface area (Å²) < 4.78 is 0. The third kappa shape index (κ3) is 5.44. The molecule has 0 saturated carbocycles. The third-order valence-electron chi connectivity index (χ3n) is 2.69. The maximum atomic E-state index is 11.6. The number of urea groups is 1. The summed E-state index contributed by atoms with van der Waals surface area (Å²) in [6.45, 7) is 0.467. The lowest BCUT2D eigenvalue weighted by Crippen LogP contribution is -2.41. The Hall–Kier alpha value is -2.48. The second-order valence-electron chi connectivity index (χ2n) is 4.24. The predicted molar refractivity (Wildman–Crippen MR) is 76.0 cm³/mol. The first-order valence-corrected chi connectivity index (χ1v) is 6.40. The Morgan fingerprint density at radius 3 is 2.55 bits per heavy atom. The Balaban J connectivity index is 2.45. The van der Waals surface area contributed by atoms with Gasteiger partial charge in [-0.1, -0.05) is 30.3 Å². The van der Waals surface area contributed by atoms with Crippen molar-refractivity contribution < 1.29 is 14.7 Å². The molecule has 5 heteroatoms. The molecule has 3 N–H and O–H groups in total. The van der Waals surface area contributed by atoms with Gasteiger partial charge in [0.15, 0.2) is 6.04 Å². The zero-order valence-corrected chi connectivity index (χ0v) is 11.1. The number of aliphatic carboxylic acids is 1. The van der Waals surface area contributed by atoms with Crippen LogP contribution in [-0.2, 0) is 4.79 Å². The second kappa shape index (κ2) is 8.59. The van der Waals surface area contributed by atoms with E-state index in [1.807, 2.05) is 0 Å². The van der Waals surface area contributed by atoms with E-state index in [9.17, 15) is 9.59 Å². The van der Waals surface area contributed by atoms with Crippen LogP contribution in [0.25, 0.3) is 0 Å². The molecule has 0 aliphatic carbocycles. The van der Waals surface area contributed by atoms with Gasteiger partial charge in [0.25, 0.3) is 0 Å². The Bertz CT molecular complexity index is 480. The van der Waals surface area contributed by atoms with Crippen LogP contribution in [-0.4, -0.2) is 23.7 Å². The van der Waals surface area contributed by atoms with Crippen LogP contribution in [0.15, 0.2) is 30.3 Å². The largest absolute Gasteiger partial charge is 0.479 e. The van der Waals surface area contributed by atoms with Crippen molar-refractivity contribution in [1.82, 2.24) is 10.6 Å². The number of hydrogen-bond acceptors (Lipinski definition) is 2. The van der Waals surface area contributed by atoms with E-state index in [0.29, 0.717) is 18.5 Å². The van der Waals surface area contributed by atoms with E-state index in [-0.39, 0.29) is 0 Å². The van der Waals surface area contributed by atoms with Crippen LogP contribution in [0.5, 0.6) is 0 Å². The number of hydrogen-bond donors (Lipinski definition) is 3. The zero-order chi connectivity index (χ0) is 14.8. The van der Waals surface area contributed by atoms with Crippen LogP contribution in [0, 0.1) is 12.3 Å². The maximum Gasteiger partial charge on any atom is 0.330 e. The summed E-state index contributed by atoms with van der Waals surface area (Å²) in [6.07, 6.45) is 7.39. The molecule has 1 aromatic carbocycles. The molecule has 0 radical (unpaired) electrons. The molecule has 0 aromatic heterocycles. The van der Waals surface area contributed by atoms with Gasteiger partial charge < -0.3 is 15.7 Å². The van der Waals surface area contributed by atoms with Crippen molar-refractivity contribution in [3.05, 3.63) is 35.9 Å². The number of unbranched alkanes of at least 4 members (excludes halogenated alkanes) is 2. The van der Waals surface area contributed by atoms with Crippen molar-refractivity contribution in [2.24, 2.45) is 0 Å². The Morgan fingerprint density at radius 1 is 1.25 bits per heavy atom. The van der Waals surface area contributed by atoms with Crippen LogP contribution in [0.2, 0.25) is 0 Å². The number of carbonyl (C=O) groups is 2. The molecular weight excluding hydrogens is 256 g/mol. The summed E-state index contributed by atoms with van der Waals surface area (Å²) >= 11 is 0. The summed E-state index contributed by atoms with van der Waals surface area (Å²) in [5.74, 6) is 1.42.